The standard InChI is InChI=1S/C11H20N2/c1-4-11(8-9-13-3)7-5-6-10(2)12/h4-7,13H,8-9,12H2,1-3H3/b7-5-,10-6+,11-4+. The lowest BCUT2D eigenvalue weighted by Gasteiger charge is -1.99. The molecule has 0 unspecified atom stereocenters. The minimum atomic E-state index is 0.834. The molecular formula is C11H20N2. The Kier molecular flexibility index (Phi) is 7.02. The van der Waals surface area contributed by atoms with Gasteiger partial charge in [0.1, 0.15) is 0 Å². The lowest BCUT2D eigenvalue weighted by atomic mass is 10.1. The number of hydrogen-bond donors (Lipinski definition) is 2. The molecule has 74 valence electrons. The molecule has 0 radical (unpaired) electrons. The summed E-state index contributed by atoms with van der Waals surface area (Å²) in [5.74, 6) is 0. The van der Waals surface area contributed by atoms with Crippen molar-refractivity contribution >= 4 is 0 Å². The van der Waals surface area contributed by atoms with Crippen molar-refractivity contribution in [2.24, 2.45) is 5.73 Å². The molecule has 0 aromatic carbocycles. The molecule has 0 heterocycles. The fourth-order valence-electron chi connectivity index (χ4n) is 0.917. The summed E-state index contributed by atoms with van der Waals surface area (Å²) in [6, 6.07) is 0. The smallest absolute Gasteiger partial charge is 0.00488 e. The van der Waals surface area contributed by atoms with Crippen LogP contribution in [-0.4, -0.2) is 13.6 Å². The van der Waals surface area contributed by atoms with Gasteiger partial charge >= 0.3 is 0 Å². The predicted octanol–water partition coefficient (Wildman–Crippen LogP) is 1.96. The van der Waals surface area contributed by atoms with Crippen LogP contribution >= 0.6 is 0 Å². The third-order valence-electron chi connectivity index (χ3n) is 1.70. The van der Waals surface area contributed by atoms with Crippen molar-refractivity contribution in [3.05, 3.63) is 35.6 Å². The van der Waals surface area contributed by atoms with Gasteiger partial charge in [0.05, 0.1) is 0 Å². The molecule has 0 fully saturated rings. The van der Waals surface area contributed by atoms with E-state index in [1.54, 1.807) is 0 Å². The average Bonchev–Trinajstić information content (AvgIpc) is 2.10. The summed E-state index contributed by atoms with van der Waals surface area (Å²) < 4.78 is 0. The van der Waals surface area contributed by atoms with Crippen LogP contribution in [0.3, 0.4) is 0 Å². The lowest BCUT2D eigenvalue weighted by molar-refractivity contribution is 0.793. The average molecular weight is 180 g/mol. The van der Waals surface area contributed by atoms with Crippen LogP contribution in [0.25, 0.3) is 0 Å². The van der Waals surface area contributed by atoms with E-state index in [-0.39, 0.29) is 0 Å². The minimum Gasteiger partial charge on any atom is -0.402 e. The second-order valence-electron chi connectivity index (χ2n) is 2.99. The van der Waals surface area contributed by atoms with E-state index >= 15 is 0 Å². The Bertz CT molecular complexity index is 208. The molecule has 0 aromatic rings. The SMILES string of the molecule is C\C=C(/C=C\C=C(/C)N)CCNC. The first-order valence-corrected chi connectivity index (χ1v) is 4.61. The first-order chi connectivity index (χ1) is 6.20. The Morgan fingerprint density at radius 2 is 2.15 bits per heavy atom. The van der Waals surface area contributed by atoms with E-state index in [2.05, 4.69) is 17.5 Å². The normalized spacial score (nSPS) is 14.1. The van der Waals surface area contributed by atoms with E-state index in [1.807, 2.05) is 33.0 Å². The summed E-state index contributed by atoms with van der Waals surface area (Å²) in [5.41, 5.74) is 7.66. The molecule has 2 heteroatoms. The molecule has 2 nitrogen and oxygen atoms in total. The van der Waals surface area contributed by atoms with Crippen molar-refractivity contribution in [3.8, 4) is 0 Å². The van der Waals surface area contributed by atoms with Crippen molar-refractivity contribution < 1.29 is 0 Å². The molecule has 3 N–H and O–H groups in total. The molecule has 0 saturated carbocycles. The summed E-state index contributed by atoms with van der Waals surface area (Å²) in [4.78, 5) is 0. The molecule has 0 aliphatic carbocycles. The van der Waals surface area contributed by atoms with Gasteiger partial charge in [-0.3, -0.25) is 0 Å². The van der Waals surface area contributed by atoms with E-state index in [9.17, 15) is 0 Å². The zero-order chi connectivity index (χ0) is 10.1. The Labute approximate surface area is 81.2 Å². The largest absolute Gasteiger partial charge is 0.402 e. The second-order valence-corrected chi connectivity index (χ2v) is 2.99. The number of hydrogen-bond acceptors (Lipinski definition) is 2. The topological polar surface area (TPSA) is 38.0 Å². The van der Waals surface area contributed by atoms with E-state index in [0.717, 1.165) is 18.7 Å². The summed E-state index contributed by atoms with van der Waals surface area (Å²) in [6.07, 6.45) is 9.16. The molecule has 0 saturated heterocycles. The van der Waals surface area contributed by atoms with E-state index in [1.165, 1.54) is 5.57 Å². The predicted molar refractivity (Wildman–Crippen MR) is 59.4 cm³/mol. The molecule has 0 amide bonds. The monoisotopic (exact) mass is 180 g/mol. The number of nitrogens with one attached hydrogen (secondary N) is 1. The van der Waals surface area contributed by atoms with Gasteiger partial charge in [0.2, 0.25) is 0 Å². The molecule has 0 rings (SSSR count). The highest BCUT2D eigenvalue weighted by Gasteiger charge is 1.88. The van der Waals surface area contributed by atoms with Gasteiger partial charge < -0.3 is 11.1 Å². The summed E-state index contributed by atoms with van der Waals surface area (Å²) in [5, 5.41) is 3.12. The zero-order valence-corrected chi connectivity index (χ0v) is 8.80. The quantitative estimate of drug-likeness (QED) is 0.635. The van der Waals surface area contributed by atoms with Crippen LogP contribution in [0.15, 0.2) is 35.6 Å². The Balaban J connectivity index is 3.99. The van der Waals surface area contributed by atoms with Gasteiger partial charge in [-0.1, -0.05) is 23.8 Å². The van der Waals surface area contributed by atoms with Crippen molar-refractivity contribution in [2.75, 3.05) is 13.6 Å². The van der Waals surface area contributed by atoms with Gasteiger partial charge in [-0.25, -0.2) is 0 Å². The minimum absolute atomic E-state index is 0.834. The summed E-state index contributed by atoms with van der Waals surface area (Å²) >= 11 is 0. The fourth-order valence-corrected chi connectivity index (χ4v) is 0.917. The highest BCUT2D eigenvalue weighted by atomic mass is 14.8. The molecule has 0 aliphatic heterocycles. The van der Waals surface area contributed by atoms with E-state index in [4.69, 9.17) is 5.73 Å². The van der Waals surface area contributed by atoms with Gasteiger partial charge in [-0.15, -0.1) is 0 Å². The molecular weight excluding hydrogens is 160 g/mol. The highest BCUT2D eigenvalue weighted by Crippen LogP contribution is 2.02. The number of nitrogens with two attached hydrogens (primary N) is 1. The fraction of sp³-hybridized carbons (Fsp3) is 0.455. The van der Waals surface area contributed by atoms with Gasteiger partial charge in [0, 0.05) is 5.70 Å². The van der Waals surface area contributed by atoms with Crippen molar-refractivity contribution in [1.29, 1.82) is 0 Å². The van der Waals surface area contributed by atoms with Gasteiger partial charge in [0.25, 0.3) is 0 Å². The molecule has 13 heavy (non-hydrogen) atoms. The first kappa shape index (κ1) is 12.0. The van der Waals surface area contributed by atoms with Gasteiger partial charge in [-0.2, -0.15) is 0 Å². The van der Waals surface area contributed by atoms with Crippen LogP contribution in [0.1, 0.15) is 20.3 Å². The number of allylic oxidation sites excluding steroid dienone is 5. The van der Waals surface area contributed by atoms with Crippen LogP contribution in [0.2, 0.25) is 0 Å². The zero-order valence-electron chi connectivity index (χ0n) is 8.80. The summed E-state index contributed by atoms with van der Waals surface area (Å²) in [6.45, 7) is 4.94. The maximum Gasteiger partial charge on any atom is 0.00488 e. The lowest BCUT2D eigenvalue weighted by Crippen LogP contribution is -2.07. The van der Waals surface area contributed by atoms with Crippen LogP contribution < -0.4 is 11.1 Å². The van der Waals surface area contributed by atoms with E-state index < -0.39 is 0 Å². The number of rotatable bonds is 5. The Hall–Kier alpha value is -1.02. The Morgan fingerprint density at radius 3 is 2.62 bits per heavy atom. The highest BCUT2D eigenvalue weighted by molar-refractivity contribution is 5.22. The van der Waals surface area contributed by atoms with Crippen LogP contribution in [0.4, 0.5) is 0 Å². The Morgan fingerprint density at radius 1 is 1.46 bits per heavy atom. The molecule has 0 bridgehead atoms. The van der Waals surface area contributed by atoms with Crippen LogP contribution in [0, 0.1) is 0 Å². The third-order valence-corrected chi connectivity index (χ3v) is 1.70. The molecule has 0 aromatic heterocycles. The summed E-state index contributed by atoms with van der Waals surface area (Å²) in [7, 11) is 1.96. The van der Waals surface area contributed by atoms with Gasteiger partial charge in [0.15, 0.2) is 0 Å². The van der Waals surface area contributed by atoms with Gasteiger partial charge in [-0.05, 0) is 39.9 Å². The third kappa shape index (κ3) is 7.34. The van der Waals surface area contributed by atoms with Crippen molar-refractivity contribution in [1.82, 2.24) is 5.32 Å². The van der Waals surface area contributed by atoms with Crippen molar-refractivity contribution in [3.63, 3.8) is 0 Å². The van der Waals surface area contributed by atoms with Crippen LogP contribution in [-0.2, 0) is 0 Å². The van der Waals surface area contributed by atoms with Crippen molar-refractivity contribution in [2.45, 2.75) is 20.3 Å². The molecule has 0 aliphatic rings. The van der Waals surface area contributed by atoms with Crippen LogP contribution in [0.5, 0.6) is 0 Å². The van der Waals surface area contributed by atoms with E-state index in [0.29, 0.717) is 0 Å². The first-order valence-electron chi connectivity index (χ1n) is 4.61. The second kappa shape index (κ2) is 7.62. The molecule has 0 spiro atoms. The molecule has 0 atom stereocenters. The maximum absolute atomic E-state index is 5.50. The maximum atomic E-state index is 5.50.